The van der Waals surface area contributed by atoms with Gasteiger partial charge in [-0.25, -0.2) is 4.98 Å². The number of fused-ring (bicyclic) bond motifs is 1. The number of nitrogens with one attached hydrogen (secondary N) is 1. The minimum absolute atomic E-state index is 0.189. The smallest absolute Gasteiger partial charge is 0.203 e. The fraction of sp³-hybridized carbons (Fsp3) is 0.538. The van der Waals surface area contributed by atoms with Gasteiger partial charge in [-0.3, -0.25) is 9.81 Å². The maximum Gasteiger partial charge on any atom is 0.203 e. The van der Waals surface area contributed by atoms with Crippen LogP contribution >= 0.6 is 0 Å². The highest BCUT2D eigenvalue weighted by atomic mass is 15.3. The Bertz CT molecular complexity index is 652. The third-order valence-electron chi connectivity index (χ3n) is 4.30. The molecule has 2 aromatic rings. The van der Waals surface area contributed by atoms with Crippen molar-refractivity contribution < 1.29 is 0 Å². The van der Waals surface area contributed by atoms with Gasteiger partial charge in [0.15, 0.2) is 5.82 Å². The van der Waals surface area contributed by atoms with Crippen LogP contribution in [0.4, 0.5) is 5.82 Å². The third kappa shape index (κ3) is 1.90. The van der Waals surface area contributed by atoms with Gasteiger partial charge in [0.2, 0.25) is 5.65 Å². The van der Waals surface area contributed by atoms with Crippen molar-refractivity contribution in [3.8, 4) is 0 Å². The maximum atomic E-state index is 7.71. The zero-order valence-electron chi connectivity index (χ0n) is 11.8. The fourth-order valence-electron chi connectivity index (χ4n) is 2.63. The number of rotatable bonds is 2. The molecule has 0 radical (unpaired) electrons. The first-order valence-corrected chi connectivity index (χ1v) is 6.77. The van der Waals surface area contributed by atoms with Crippen LogP contribution in [0.3, 0.4) is 0 Å². The molecule has 0 spiro atoms. The van der Waals surface area contributed by atoms with Crippen molar-refractivity contribution in [3.05, 3.63) is 18.2 Å². The lowest BCUT2D eigenvalue weighted by Gasteiger charge is -2.38. The highest BCUT2D eigenvalue weighted by molar-refractivity contribution is 5.83. The Morgan fingerprint density at radius 3 is 2.70 bits per heavy atom. The minimum Gasteiger partial charge on any atom is -0.387 e. The average molecular weight is 273 g/mol. The quantitative estimate of drug-likeness (QED) is 0.628. The van der Waals surface area contributed by atoms with E-state index < -0.39 is 0 Å². The van der Waals surface area contributed by atoms with Crippen LogP contribution in [-0.2, 0) is 0 Å². The Kier molecular flexibility index (Phi) is 2.84. The van der Waals surface area contributed by atoms with Gasteiger partial charge in [0, 0.05) is 30.9 Å². The van der Waals surface area contributed by atoms with E-state index in [0.717, 1.165) is 43.2 Å². The summed E-state index contributed by atoms with van der Waals surface area (Å²) < 4.78 is 1.95. The van der Waals surface area contributed by atoms with Gasteiger partial charge in [-0.15, -0.1) is 10.2 Å². The van der Waals surface area contributed by atoms with Gasteiger partial charge in [-0.1, -0.05) is 6.92 Å². The molecule has 0 aromatic carbocycles. The van der Waals surface area contributed by atoms with Crippen LogP contribution in [0.15, 0.2) is 12.4 Å². The summed E-state index contributed by atoms with van der Waals surface area (Å²) in [5.74, 6) is 1.99. The highest BCUT2D eigenvalue weighted by Crippen LogP contribution is 2.33. The van der Waals surface area contributed by atoms with Gasteiger partial charge in [-0.2, -0.15) is 0 Å². The van der Waals surface area contributed by atoms with Crippen molar-refractivity contribution in [2.24, 2.45) is 11.1 Å². The summed E-state index contributed by atoms with van der Waals surface area (Å²) in [6, 6.07) is 0. The Morgan fingerprint density at radius 2 is 2.05 bits per heavy atom. The van der Waals surface area contributed by atoms with Crippen LogP contribution < -0.4 is 10.6 Å². The van der Waals surface area contributed by atoms with Gasteiger partial charge in [0.25, 0.3) is 0 Å². The molecule has 0 amide bonds. The molecule has 0 unspecified atom stereocenters. The Labute approximate surface area is 117 Å². The average Bonchev–Trinajstić information content (AvgIpc) is 2.82. The van der Waals surface area contributed by atoms with Crippen LogP contribution in [0.2, 0.25) is 0 Å². The highest BCUT2D eigenvalue weighted by Gasteiger charge is 2.34. The number of nitrogens with zero attached hydrogens (tertiary/aromatic N) is 5. The van der Waals surface area contributed by atoms with Crippen LogP contribution in [0.25, 0.3) is 5.65 Å². The normalized spacial score (nSPS) is 18.4. The SMILES string of the molecule is Cc1nnc2c(N3CCC(C)(C(=N)N)CC3)nccn12. The number of anilines is 1. The van der Waals surface area contributed by atoms with Crippen LogP contribution in [0.1, 0.15) is 25.6 Å². The van der Waals surface area contributed by atoms with E-state index in [0.29, 0.717) is 0 Å². The molecule has 1 fully saturated rings. The molecule has 1 aliphatic rings. The second-order valence-corrected chi connectivity index (χ2v) is 5.65. The Hall–Kier alpha value is -2.18. The van der Waals surface area contributed by atoms with Crippen LogP contribution in [-0.4, -0.2) is 38.5 Å². The molecule has 0 atom stereocenters. The third-order valence-corrected chi connectivity index (χ3v) is 4.30. The molecule has 3 N–H and O–H groups in total. The standard InChI is InChI=1S/C13H19N7/c1-9-17-18-11-10(16-5-8-20(9)11)19-6-3-13(2,4-7-19)12(14)15/h5,8H,3-4,6-7H2,1-2H3,(H3,14,15). The maximum absolute atomic E-state index is 7.71. The largest absolute Gasteiger partial charge is 0.387 e. The van der Waals surface area contributed by atoms with Gasteiger partial charge >= 0.3 is 0 Å². The van der Waals surface area contributed by atoms with Gasteiger partial charge in [0.1, 0.15) is 5.82 Å². The van der Waals surface area contributed by atoms with E-state index in [-0.39, 0.29) is 11.3 Å². The summed E-state index contributed by atoms with van der Waals surface area (Å²) >= 11 is 0. The zero-order chi connectivity index (χ0) is 14.3. The fourth-order valence-corrected chi connectivity index (χ4v) is 2.63. The van der Waals surface area contributed by atoms with Crippen molar-refractivity contribution in [1.29, 1.82) is 5.41 Å². The molecule has 106 valence electrons. The lowest BCUT2D eigenvalue weighted by molar-refractivity contribution is 0.350. The summed E-state index contributed by atoms with van der Waals surface area (Å²) in [6.07, 6.45) is 5.37. The van der Waals surface area contributed by atoms with E-state index in [1.165, 1.54) is 0 Å². The van der Waals surface area contributed by atoms with Crippen molar-refractivity contribution >= 4 is 17.3 Å². The molecule has 7 heteroatoms. The lowest BCUT2D eigenvalue weighted by Crippen LogP contribution is -2.45. The number of nitrogens with two attached hydrogens (primary N) is 1. The van der Waals surface area contributed by atoms with E-state index >= 15 is 0 Å². The van der Waals surface area contributed by atoms with E-state index in [4.69, 9.17) is 11.1 Å². The van der Waals surface area contributed by atoms with E-state index in [2.05, 4.69) is 27.0 Å². The second-order valence-electron chi connectivity index (χ2n) is 5.65. The molecule has 1 aliphatic heterocycles. The number of aryl methyl sites for hydroxylation is 1. The first-order chi connectivity index (χ1) is 9.51. The van der Waals surface area contributed by atoms with Crippen LogP contribution in [0.5, 0.6) is 0 Å². The molecule has 0 bridgehead atoms. The van der Waals surface area contributed by atoms with Gasteiger partial charge in [-0.05, 0) is 19.8 Å². The predicted molar refractivity (Wildman–Crippen MR) is 77.0 cm³/mol. The van der Waals surface area contributed by atoms with Crippen molar-refractivity contribution in [2.75, 3.05) is 18.0 Å². The molecule has 3 heterocycles. The Morgan fingerprint density at radius 1 is 1.35 bits per heavy atom. The summed E-state index contributed by atoms with van der Waals surface area (Å²) in [5.41, 5.74) is 6.30. The molecule has 20 heavy (non-hydrogen) atoms. The molecule has 2 aromatic heterocycles. The molecule has 0 saturated carbocycles. The number of hydrogen-bond donors (Lipinski definition) is 2. The summed E-state index contributed by atoms with van der Waals surface area (Å²) in [6.45, 7) is 5.64. The molecule has 3 rings (SSSR count). The molecule has 0 aliphatic carbocycles. The summed E-state index contributed by atoms with van der Waals surface area (Å²) in [7, 11) is 0. The minimum atomic E-state index is -0.189. The predicted octanol–water partition coefficient (Wildman–Crippen LogP) is 0.975. The zero-order valence-corrected chi connectivity index (χ0v) is 11.8. The molecular weight excluding hydrogens is 254 g/mol. The van der Waals surface area contributed by atoms with Gasteiger partial charge < -0.3 is 10.6 Å². The first kappa shape index (κ1) is 12.8. The van der Waals surface area contributed by atoms with Crippen molar-refractivity contribution in [3.63, 3.8) is 0 Å². The van der Waals surface area contributed by atoms with E-state index in [1.54, 1.807) is 6.20 Å². The first-order valence-electron chi connectivity index (χ1n) is 6.77. The lowest BCUT2D eigenvalue weighted by atomic mass is 9.79. The van der Waals surface area contributed by atoms with E-state index in [1.807, 2.05) is 17.5 Å². The Balaban J connectivity index is 1.89. The summed E-state index contributed by atoms with van der Waals surface area (Å²) in [4.78, 5) is 6.66. The van der Waals surface area contributed by atoms with E-state index in [9.17, 15) is 0 Å². The topological polar surface area (TPSA) is 96.2 Å². The molecule has 7 nitrogen and oxygen atoms in total. The monoisotopic (exact) mass is 273 g/mol. The number of hydrogen-bond acceptors (Lipinski definition) is 5. The number of aromatic nitrogens is 4. The van der Waals surface area contributed by atoms with Gasteiger partial charge in [0.05, 0.1) is 5.84 Å². The molecule has 1 saturated heterocycles. The molecular formula is C13H19N7. The van der Waals surface area contributed by atoms with Crippen LogP contribution in [0, 0.1) is 17.7 Å². The number of piperidine rings is 1. The number of amidine groups is 1. The van der Waals surface area contributed by atoms with Crippen molar-refractivity contribution in [2.45, 2.75) is 26.7 Å². The summed E-state index contributed by atoms with van der Waals surface area (Å²) in [5, 5.41) is 16.0. The van der Waals surface area contributed by atoms with Crippen molar-refractivity contribution in [1.82, 2.24) is 19.6 Å². The second kappa shape index (κ2) is 4.43.